The molecule has 0 bridgehead atoms. The summed E-state index contributed by atoms with van der Waals surface area (Å²) in [7, 11) is 5.01. The Labute approximate surface area is 119 Å². The summed E-state index contributed by atoms with van der Waals surface area (Å²) in [5.74, 6) is 0.501. The zero-order chi connectivity index (χ0) is 15.1. The molecule has 0 aromatic heterocycles. The van der Waals surface area contributed by atoms with Gasteiger partial charge in [0.2, 0.25) is 5.91 Å². The summed E-state index contributed by atoms with van der Waals surface area (Å²) in [5.41, 5.74) is 0.615. The number of rotatable bonds is 7. The minimum Gasteiger partial charge on any atom is -0.497 e. The second kappa shape index (κ2) is 7.65. The number of hydrogen-bond acceptors (Lipinski definition) is 4. The van der Waals surface area contributed by atoms with Gasteiger partial charge in [-0.2, -0.15) is 0 Å². The maximum atomic E-state index is 12.1. The first-order valence-electron chi connectivity index (χ1n) is 6.55. The molecular formula is C15H22N2O3. The molecule has 1 aromatic carbocycles. The van der Waals surface area contributed by atoms with Crippen LogP contribution in [-0.2, 0) is 4.79 Å². The number of likely N-dealkylation sites (N-methyl/N-ethyl adjacent to an activating group) is 1. The van der Waals surface area contributed by atoms with Crippen LogP contribution in [0, 0.1) is 5.92 Å². The van der Waals surface area contributed by atoms with Crippen molar-refractivity contribution < 1.29 is 14.3 Å². The lowest BCUT2D eigenvalue weighted by Crippen LogP contribution is -2.36. The van der Waals surface area contributed by atoms with Crippen molar-refractivity contribution in [3.05, 3.63) is 29.8 Å². The van der Waals surface area contributed by atoms with Crippen LogP contribution in [0.1, 0.15) is 17.3 Å². The van der Waals surface area contributed by atoms with E-state index in [0.717, 1.165) is 0 Å². The molecule has 0 aliphatic carbocycles. The lowest BCUT2D eigenvalue weighted by atomic mass is 10.1. The van der Waals surface area contributed by atoms with Crippen LogP contribution in [0.3, 0.4) is 0 Å². The van der Waals surface area contributed by atoms with Gasteiger partial charge in [-0.25, -0.2) is 0 Å². The number of benzene rings is 1. The zero-order valence-corrected chi connectivity index (χ0v) is 12.5. The highest BCUT2D eigenvalue weighted by molar-refractivity contribution is 5.98. The summed E-state index contributed by atoms with van der Waals surface area (Å²) in [5, 5.41) is 2.60. The minimum atomic E-state index is -0.150. The topological polar surface area (TPSA) is 58.6 Å². The van der Waals surface area contributed by atoms with E-state index < -0.39 is 0 Å². The number of amides is 1. The van der Waals surface area contributed by atoms with Gasteiger partial charge in [0, 0.05) is 25.1 Å². The fourth-order valence-corrected chi connectivity index (χ4v) is 1.99. The largest absolute Gasteiger partial charge is 0.497 e. The van der Waals surface area contributed by atoms with Crippen LogP contribution in [0.25, 0.3) is 0 Å². The summed E-state index contributed by atoms with van der Waals surface area (Å²) < 4.78 is 5.10. The molecule has 20 heavy (non-hydrogen) atoms. The molecule has 1 atom stereocenters. The van der Waals surface area contributed by atoms with E-state index in [1.807, 2.05) is 18.9 Å². The molecule has 1 amide bonds. The van der Waals surface area contributed by atoms with Gasteiger partial charge in [-0.05, 0) is 19.2 Å². The predicted molar refractivity (Wildman–Crippen MR) is 78.1 cm³/mol. The van der Waals surface area contributed by atoms with Crippen LogP contribution >= 0.6 is 0 Å². The van der Waals surface area contributed by atoms with Crippen molar-refractivity contribution in [3.8, 4) is 5.75 Å². The molecular weight excluding hydrogens is 256 g/mol. The van der Waals surface area contributed by atoms with Crippen LogP contribution in [0.4, 0.5) is 0 Å². The highest BCUT2D eigenvalue weighted by Crippen LogP contribution is 2.13. The van der Waals surface area contributed by atoms with E-state index in [9.17, 15) is 9.59 Å². The number of nitrogens with one attached hydrogen (secondary N) is 1. The first-order chi connectivity index (χ1) is 9.47. The average Bonchev–Trinajstić information content (AvgIpc) is 2.46. The van der Waals surface area contributed by atoms with E-state index in [1.54, 1.807) is 38.4 Å². The maximum Gasteiger partial charge on any atom is 0.223 e. The van der Waals surface area contributed by atoms with Gasteiger partial charge >= 0.3 is 0 Å². The number of ketones is 1. The Balaban J connectivity index is 2.58. The SMILES string of the molecule is CNC(=O)C(C)CN(C)CC(=O)c1cccc(OC)c1. The summed E-state index contributed by atoms with van der Waals surface area (Å²) in [6.07, 6.45) is 0. The quantitative estimate of drug-likeness (QED) is 0.761. The van der Waals surface area contributed by atoms with Gasteiger partial charge in [-0.1, -0.05) is 19.1 Å². The van der Waals surface area contributed by atoms with Crippen LogP contribution in [0.15, 0.2) is 24.3 Å². The monoisotopic (exact) mass is 278 g/mol. The fraction of sp³-hybridized carbons (Fsp3) is 0.467. The van der Waals surface area contributed by atoms with E-state index in [4.69, 9.17) is 4.74 Å². The maximum absolute atomic E-state index is 12.1. The average molecular weight is 278 g/mol. The molecule has 1 unspecified atom stereocenters. The number of hydrogen-bond donors (Lipinski definition) is 1. The summed E-state index contributed by atoms with van der Waals surface area (Å²) in [4.78, 5) is 25.4. The Bertz CT molecular complexity index is 474. The van der Waals surface area contributed by atoms with E-state index in [0.29, 0.717) is 17.9 Å². The van der Waals surface area contributed by atoms with Gasteiger partial charge < -0.3 is 10.1 Å². The van der Waals surface area contributed by atoms with Gasteiger partial charge in [-0.3, -0.25) is 14.5 Å². The summed E-state index contributed by atoms with van der Waals surface area (Å²) in [6, 6.07) is 7.08. The van der Waals surface area contributed by atoms with Crippen molar-refractivity contribution in [3.63, 3.8) is 0 Å². The van der Waals surface area contributed by atoms with Crippen LogP contribution < -0.4 is 10.1 Å². The van der Waals surface area contributed by atoms with Crippen molar-refractivity contribution in [1.82, 2.24) is 10.2 Å². The first-order valence-corrected chi connectivity index (χ1v) is 6.55. The molecule has 5 heteroatoms. The van der Waals surface area contributed by atoms with Crippen molar-refractivity contribution in [1.29, 1.82) is 0 Å². The molecule has 110 valence electrons. The number of carbonyl (C=O) groups excluding carboxylic acids is 2. The van der Waals surface area contributed by atoms with E-state index in [2.05, 4.69) is 5.32 Å². The van der Waals surface area contributed by atoms with E-state index in [1.165, 1.54) is 0 Å². The van der Waals surface area contributed by atoms with E-state index in [-0.39, 0.29) is 24.2 Å². The molecule has 0 saturated heterocycles. The third kappa shape index (κ3) is 4.66. The third-order valence-corrected chi connectivity index (χ3v) is 3.08. The van der Waals surface area contributed by atoms with E-state index >= 15 is 0 Å². The molecule has 0 saturated carbocycles. The molecule has 0 aliphatic rings. The van der Waals surface area contributed by atoms with Gasteiger partial charge in [0.25, 0.3) is 0 Å². The molecule has 0 spiro atoms. The second-order valence-electron chi connectivity index (χ2n) is 4.87. The van der Waals surface area contributed by atoms with Gasteiger partial charge in [0.05, 0.1) is 13.7 Å². The molecule has 1 rings (SSSR count). The number of nitrogens with zero attached hydrogens (tertiary/aromatic N) is 1. The highest BCUT2D eigenvalue weighted by atomic mass is 16.5. The molecule has 1 aromatic rings. The molecule has 0 heterocycles. The van der Waals surface area contributed by atoms with Crippen molar-refractivity contribution in [2.45, 2.75) is 6.92 Å². The van der Waals surface area contributed by atoms with Crippen LogP contribution in [-0.4, -0.2) is 50.9 Å². The predicted octanol–water partition coefficient (Wildman–Crippen LogP) is 1.19. The lowest BCUT2D eigenvalue weighted by molar-refractivity contribution is -0.124. The third-order valence-electron chi connectivity index (χ3n) is 3.08. The number of ether oxygens (including phenoxy) is 1. The standard InChI is InChI=1S/C15H22N2O3/c1-11(15(19)16-2)9-17(3)10-14(18)12-6-5-7-13(8-12)20-4/h5-8,11H,9-10H2,1-4H3,(H,16,19). The smallest absolute Gasteiger partial charge is 0.223 e. The number of methoxy groups -OCH3 is 1. The molecule has 1 N–H and O–H groups in total. The van der Waals surface area contributed by atoms with Crippen LogP contribution in [0.2, 0.25) is 0 Å². The fourth-order valence-electron chi connectivity index (χ4n) is 1.99. The van der Waals surface area contributed by atoms with Gasteiger partial charge in [-0.15, -0.1) is 0 Å². The van der Waals surface area contributed by atoms with Crippen molar-refractivity contribution in [2.75, 3.05) is 34.3 Å². The normalized spacial score (nSPS) is 12.1. The molecule has 5 nitrogen and oxygen atoms in total. The van der Waals surface area contributed by atoms with Crippen molar-refractivity contribution in [2.24, 2.45) is 5.92 Å². The summed E-state index contributed by atoms with van der Waals surface area (Å²) >= 11 is 0. The number of carbonyl (C=O) groups is 2. The zero-order valence-electron chi connectivity index (χ0n) is 12.5. The van der Waals surface area contributed by atoms with Crippen molar-refractivity contribution >= 4 is 11.7 Å². The Morgan fingerprint density at radius 2 is 2.10 bits per heavy atom. The van der Waals surface area contributed by atoms with Gasteiger partial charge in [0.15, 0.2) is 5.78 Å². The Hall–Kier alpha value is -1.88. The Kier molecular flexibility index (Phi) is 6.18. The van der Waals surface area contributed by atoms with Crippen LogP contribution in [0.5, 0.6) is 5.75 Å². The summed E-state index contributed by atoms with van der Waals surface area (Å²) in [6.45, 7) is 2.65. The van der Waals surface area contributed by atoms with Gasteiger partial charge in [0.1, 0.15) is 5.75 Å². The molecule has 0 radical (unpaired) electrons. The Morgan fingerprint density at radius 3 is 2.70 bits per heavy atom. The first kappa shape index (κ1) is 16.2. The molecule has 0 fully saturated rings. The molecule has 0 aliphatic heterocycles. The lowest BCUT2D eigenvalue weighted by Gasteiger charge is -2.19. The number of Topliss-reactive ketones (excluding diaryl/α,β-unsaturated/α-hetero) is 1. The second-order valence-corrected chi connectivity index (χ2v) is 4.87. The minimum absolute atomic E-state index is 0.00973. The highest BCUT2D eigenvalue weighted by Gasteiger charge is 2.16. The Morgan fingerprint density at radius 1 is 1.40 bits per heavy atom.